The minimum atomic E-state index is -0.0294. The van der Waals surface area contributed by atoms with Gasteiger partial charge in [-0.3, -0.25) is 4.79 Å². The summed E-state index contributed by atoms with van der Waals surface area (Å²) in [5.74, 6) is 1.50. The highest BCUT2D eigenvalue weighted by molar-refractivity contribution is 6.35. The number of halogens is 2. The lowest BCUT2D eigenvalue weighted by Gasteiger charge is -2.21. The highest BCUT2D eigenvalue weighted by atomic mass is 35.5. The standard InChI is InChI=1S/C22H25Cl2N3O/c23-16-8-9-18(17(24)11-16)27-21-15-7-6-14(10-15)19(21)20(26-27)22(28)25-12-13-4-2-1-3-5-13/h8-9,11,13-15H,1-7,10,12H2,(H,25,28). The van der Waals surface area contributed by atoms with Gasteiger partial charge in [0.15, 0.2) is 5.69 Å². The van der Waals surface area contributed by atoms with Crippen LogP contribution in [0, 0.1) is 5.92 Å². The molecule has 1 amide bonds. The maximum absolute atomic E-state index is 13.1. The molecule has 0 saturated heterocycles. The van der Waals surface area contributed by atoms with Crippen molar-refractivity contribution in [2.24, 2.45) is 5.92 Å². The maximum Gasteiger partial charge on any atom is 0.272 e. The molecular weight excluding hydrogens is 393 g/mol. The van der Waals surface area contributed by atoms with Crippen molar-refractivity contribution in [3.63, 3.8) is 0 Å². The Morgan fingerprint density at radius 2 is 1.89 bits per heavy atom. The molecule has 3 aliphatic carbocycles. The average molecular weight is 418 g/mol. The summed E-state index contributed by atoms with van der Waals surface area (Å²) in [6, 6.07) is 5.46. The van der Waals surface area contributed by atoms with E-state index < -0.39 is 0 Å². The molecule has 5 rings (SSSR count). The van der Waals surface area contributed by atoms with Gasteiger partial charge in [0.2, 0.25) is 0 Å². The van der Waals surface area contributed by atoms with E-state index in [1.165, 1.54) is 37.8 Å². The maximum atomic E-state index is 13.1. The van der Waals surface area contributed by atoms with Crippen molar-refractivity contribution in [1.29, 1.82) is 0 Å². The van der Waals surface area contributed by atoms with E-state index in [1.54, 1.807) is 6.07 Å². The molecule has 1 heterocycles. The van der Waals surface area contributed by atoms with Gasteiger partial charge < -0.3 is 5.32 Å². The highest BCUT2D eigenvalue weighted by Gasteiger charge is 2.44. The Bertz CT molecular complexity index is 917. The number of rotatable bonds is 4. The normalized spacial score (nSPS) is 23.8. The molecule has 148 valence electrons. The Morgan fingerprint density at radius 1 is 1.11 bits per heavy atom. The third-order valence-corrected chi connectivity index (χ3v) is 7.35. The lowest BCUT2D eigenvalue weighted by Crippen LogP contribution is -2.31. The summed E-state index contributed by atoms with van der Waals surface area (Å²) in [7, 11) is 0. The fourth-order valence-corrected chi connectivity index (χ4v) is 5.94. The Labute approximate surface area is 175 Å². The zero-order valence-corrected chi connectivity index (χ0v) is 17.4. The third kappa shape index (κ3) is 3.15. The van der Waals surface area contributed by atoms with Crippen LogP contribution in [-0.2, 0) is 0 Å². The van der Waals surface area contributed by atoms with Crippen LogP contribution >= 0.6 is 23.2 Å². The number of hydrogen-bond acceptors (Lipinski definition) is 2. The van der Waals surface area contributed by atoms with Gasteiger partial charge in [0.1, 0.15) is 0 Å². The first-order valence-corrected chi connectivity index (χ1v) is 11.2. The van der Waals surface area contributed by atoms with E-state index in [9.17, 15) is 4.79 Å². The Morgan fingerprint density at radius 3 is 2.68 bits per heavy atom. The van der Waals surface area contributed by atoms with Gasteiger partial charge in [0.25, 0.3) is 5.91 Å². The van der Waals surface area contributed by atoms with Gasteiger partial charge in [-0.1, -0.05) is 42.5 Å². The summed E-state index contributed by atoms with van der Waals surface area (Å²) in [5.41, 5.74) is 3.75. The second kappa shape index (κ2) is 7.38. The predicted octanol–water partition coefficient (Wildman–Crippen LogP) is 5.85. The molecule has 3 aliphatic rings. The van der Waals surface area contributed by atoms with E-state index in [1.807, 2.05) is 16.8 Å². The van der Waals surface area contributed by atoms with Crippen LogP contribution in [0.5, 0.6) is 0 Å². The summed E-state index contributed by atoms with van der Waals surface area (Å²) in [5, 5.41) is 9.12. The second-order valence-corrected chi connectivity index (χ2v) is 9.42. The van der Waals surface area contributed by atoms with E-state index in [0.29, 0.717) is 33.5 Å². The zero-order valence-electron chi connectivity index (χ0n) is 15.9. The number of amides is 1. The molecule has 2 aromatic rings. The molecule has 2 fully saturated rings. The average Bonchev–Trinajstić information content (AvgIpc) is 3.40. The topological polar surface area (TPSA) is 46.9 Å². The van der Waals surface area contributed by atoms with Crippen molar-refractivity contribution in [3.8, 4) is 5.69 Å². The molecule has 2 unspecified atom stereocenters. The van der Waals surface area contributed by atoms with Crippen LogP contribution in [0.4, 0.5) is 0 Å². The van der Waals surface area contributed by atoms with E-state index in [2.05, 4.69) is 5.32 Å². The molecule has 1 N–H and O–H groups in total. The molecular formula is C22H25Cl2N3O. The van der Waals surface area contributed by atoms with Gasteiger partial charge in [0, 0.05) is 23.0 Å². The number of nitrogens with one attached hydrogen (secondary N) is 1. The van der Waals surface area contributed by atoms with Gasteiger partial charge in [0.05, 0.1) is 16.4 Å². The van der Waals surface area contributed by atoms with Crippen molar-refractivity contribution < 1.29 is 4.79 Å². The minimum Gasteiger partial charge on any atom is -0.350 e. The molecule has 0 spiro atoms. The van der Waals surface area contributed by atoms with Crippen molar-refractivity contribution >= 4 is 29.1 Å². The van der Waals surface area contributed by atoms with Crippen molar-refractivity contribution in [2.45, 2.75) is 63.2 Å². The van der Waals surface area contributed by atoms with E-state index in [4.69, 9.17) is 28.3 Å². The molecule has 4 nitrogen and oxygen atoms in total. The van der Waals surface area contributed by atoms with Crippen LogP contribution in [0.2, 0.25) is 10.0 Å². The van der Waals surface area contributed by atoms with Gasteiger partial charge in [-0.05, 0) is 62.1 Å². The number of benzene rings is 1. The van der Waals surface area contributed by atoms with Crippen LogP contribution in [0.1, 0.15) is 84.9 Å². The number of aromatic nitrogens is 2. The molecule has 1 aromatic carbocycles. The van der Waals surface area contributed by atoms with Gasteiger partial charge in [-0.15, -0.1) is 0 Å². The summed E-state index contributed by atoms with van der Waals surface area (Å²) in [4.78, 5) is 13.1. The Balaban J connectivity index is 1.47. The molecule has 28 heavy (non-hydrogen) atoms. The molecule has 1 aromatic heterocycles. The molecule has 6 heteroatoms. The summed E-state index contributed by atoms with van der Waals surface area (Å²) >= 11 is 12.6. The number of nitrogens with zero attached hydrogens (tertiary/aromatic N) is 2. The molecule has 0 aliphatic heterocycles. The van der Waals surface area contributed by atoms with Crippen LogP contribution in [0.15, 0.2) is 18.2 Å². The van der Waals surface area contributed by atoms with Crippen LogP contribution in [0.3, 0.4) is 0 Å². The fraction of sp³-hybridized carbons (Fsp3) is 0.545. The number of carbonyl (C=O) groups is 1. The molecule has 0 radical (unpaired) electrons. The minimum absolute atomic E-state index is 0.0294. The second-order valence-electron chi connectivity index (χ2n) is 8.58. The SMILES string of the molecule is O=C(NCC1CCCCC1)c1nn(-c2ccc(Cl)cc2Cl)c2c1C1CCC2C1. The van der Waals surface area contributed by atoms with E-state index >= 15 is 0 Å². The molecule has 2 atom stereocenters. The van der Waals surface area contributed by atoms with Gasteiger partial charge in [-0.2, -0.15) is 5.10 Å². The predicted molar refractivity (Wildman–Crippen MR) is 112 cm³/mol. The van der Waals surface area contributed by atoms with Crippen molar-refractivity contribution in [1.82, 2.24) is 15.1 Å². The molecule has 2 saturated carbocycles. The van der Waals surface area contributed by atoms with Crippen molar-refractivity contribution in [3.05, 3.63) is 45.2 Å². The summed E-state index contributed by atoms with van der Waals surface area (Å²) in [6.07, 6.45) is 9.77. The smallest absolute Gasteiger partial charge is 0.272 e. The lowest BCUT2D eigenvalue weighted by molar-refractivity contribution is 0.0936. The molecule has 2 bridgehead atoms. The Kier molecular flexibility index (Phi) is 4.88. The van der Waals surface area contributed by atoms with E-state index in [0.717, 1.165) is 37.1 Å². The lowest BCUT2D eigenvalue weighted by atomic mass is 9.89. The van der Waals surface area contributed by atoms with Crippen LogP contribution < -0.4 is 5.32 Å². The first-order chi connectivity index (χ1) is 13.6. The first-order valence-electron chi connectivity index (χ1n) is 10.5. The highest BCUT2D eigenvalue weighted by Crippen LogP contribution is 2.54. The van der Waals surface area contributed by atoms with Crippen LogP contribution in [0.25, 0.3) is 5.69 Å². The number of carbonyl (C=O) groups excluding carboxylic acids is 1. The van der Waals surface area contributed by atoms with Gasteiger partial charge >= 0.3 is 0 Å². The monoisotopic (exact) mass is 417 g/mol. The van der Waals surface area contributed by atoms with Crippen molar-refractivity contribution in [2.75, 3.05) is 6.54 Å². The zero-order chi connectivity index (χ0) is 19.3. The largest absolute Gasteiger partial charge is 0.350 e. The number of hydrogen-bond donors (Lipinski definition) is 1. The quantitative estimate of drug-likeness (QED) is 0.677. The van der Waals surface area contributed by atoms with Crippen LogP contribution in [-0.4, -0.2) is 22.2 Å². The van der Waals surface area contributed by atoms with Gasteiger partial charge in [-0.25, -0.2) is 4.68 Å². The van der Waals surface area contributed by atoms with E-state index in [-0.39, 0.29) is 5.91 Å². The summed E-state index contributed by atoms with van der Waals surface area (Å²) in [6.45, 7) is 0.760. The third-order valence-electron chi connectivity index (χ3n) is 6.82. The Hall–Kier alpha value is -1.52. The summed E-state index contributed by atoms with van der Waals surface area (Å²) < 4.78 is 1.91. The fourth-order valence-electron chi connectivity index (χ4n) is 5.45. The first kappa shape index (κ1) is 18.5. The number of fused-ring (bicyclic) bond motifs is 5.